The number of piperazine rings is 1. The van der Waals surface area contributed by atoms with Crippen LogP contribution in [0.15, 0.2) is 18.3 Å². The Morgan fingerprint density at radius 3 is 2.94 bits per heavy atom. The molecule has 0 bridgehead atoms. The summed E-state index contributed by atoms with van der Waals surface area (Å²) in [5.41, 5.74) is 0.684. The maximum Gasteiger partial charge on any atom is 0.144 e. The van der Waals surface area contributed by atoms with Gasteiger partial charge in [-0.1, -0.05) is 0 Å². The van der Waals surface area contributed by atoms with E-state index in [1.807, 2.05) is 37.1 Å². The van der Waals surface area contributed by atoms with Crippen LogP contribution in [0, 0.1) is 3.70 Å². The minimum atomic E-state index is -0.525. The van der Waals surface area contributed by atoms with Gasteiger partial charge in [0.15, 0.2) is 0 Å². The number of aliphatic hydroxyl groups is 1. The van der Waals surface area contributed by atoms with Crippen molar-refractivity contribution in [3.05, 3.63) is 22.0 Å². The largest absolute Gasteiger partial charge is 0.372 e. The van der Waals surface area contributed by atoms with Crippen molar-refractivity contribution >= 4 is 28.3 Å². The second kappa shape index (κ2) is 4.46. The highest BCUT2D eigenvalue weighted by molar-refractivity contribution is 14.1. The molecular formula is C11H16IN3O. The van der Waals surface area contributed by atoms with Crippen molar-refractivity contribution in [1.82, 2.24) is 10.3 Å². The Bertz CT molecular complexity index is 366. The van der Waals surface area contributed by atoms with Crippen molar-refractivity contribution in [3.8, 4) is 0 Å². The van der Waals surface area contributed by atoms with E-state index in [9.17, 15) is 5.11 Å². The van der Waals surface area contributed by atoms with Gasteiger partial charge < -0.3 is 15.3 Å². The van der Waals surface area contributed by atoms with Crippen LogP contribution in [-0.4, -0.2) is 34.9 Å². The summed E-state index contributed by atoms with van der Waals surface area (Å²) in [6.07, 6.45) is 1.29. The summed E-state index contributed by atoms with van der Waals surface area (Å²) in [5, 5.41) is 13.6. The van der Waals surface area contributed by atoms with Crippen LogP contribution in [0.25, 0.3) is 0 Å². The highest BCUT2D eigenvalue weighted by Crippen LogP contribution is 2.24. The van der Waals surface area contributed by atoms with Crippen LogP contribution in [0.3, 0.4) is 0 Å². The molecule has 1 aliphatic rings. The first-order valence-corrected chi connectivity index (χ1v) is 6.40. The zero-order chi connectivity index (χ0) is 11.8. The van der Waals surface area contributed by atoms with Crippen molar-refractivity contribution in [2.24, 2.45) is 0 Å². The van der Waals surface area contributed by atoms with Crippen LogP contribution in [0.1, 0.15) is 13.8 Å². The van der Waals surface area contributed by atoms with Crippen molar-refractivity contribution in [2.45, 2.75) is 25.6 Å². The number of aromatic nitrogens is 1. The van der Waals surface area contributed by atoms with E-state index in [1.165, 1.54) is 0 Å². The molecule has 5 heteroatoms. The van der Waals surface area contributed by atoms with Gasteiger partial charge in [-0.2, -0.15) is 0 Å². The number of hydrogen-bond acceptors (Lipinski definition) is 4. The van der Waals surface area contributed by atoms with E-state index in [4.69, 9.17) is 0 Å². The second-order valence-electron chi connectivity index (χ2n) is 4.55. The van der Waals surface area contributed by atoms with Gasteiger partial charge in [-0.05, 0) is 48.6 Å². The third-order valence-corrected chi connectivity index (χ3v) is 3.56. The van der Waals surface area contributed by atoms with Crippen LogP contribution in [0.4, 0.5) is 5.69 Å². The van der Waals surface area contributed by atoms with E-state index in [0.717, 1.165) is 22.5 Å². The number of nitrogens with zero attached hydrogens (tertiary/aromatic N) is 2. The molecule has 88 valence electrons. The van der Waals surface area contributed by atoms with E-state index in [1.54, 1.807) is 0 Å². The number of hydrogen-bond donors (Lipinski definition) is 2. The first-order chi connectivity index (χ1) is 7.50. The second-order valence-corrected chi connectivity index (χ2v) is 5.66. The minimum absolute atomic E-state index is 0.290. The van der Waals surface area contributed by atoms with Gasteiger partial charge in [0.1, 0.15) is 9.93 Å². The summed E-state index contributed by atoms with van der Waals surface area (Å²) in [5.74, 6) is 0. The van der Waals surface area contributed by atoms with Crippen molar-refractivity contribution < 1.29 is 5.11 Å². The smallest absolute Gasteiger partial charge is 0.144 e. The third-order valence-electron chi connectivity index (χ3n) is 2.92. The summed E-state index contributed by atoms with van der Waals surface area (Å²) in [7, 11) is 0. The van der Waals surface area contributed by atoms with Crippen molar-refractivity contribution in [2.75, 3.05) is 18.0 Å². The van der Waals surface area contributed by atoms with Crippen LogP contribution in [0.2, 0.25) is 0 Å². The van der Waals surface area contributed by atoms with Gasteiger partial charge in [0, 0.05) is 13.1 Å². The Morgan fingerprint density at radius 1 is 1.56 bits per heavy atom. The molecule has 1 fully saturated rings. The van der Waals surface area contributed by atoms with Crippen LogP contribution in [0.5, 0.6) is 0 Å². The van der Waals surface area contributed by atoms with Crippen LogP contribution >= 0.6 is 22.6 Å². The highest BCUT2D eigenvalue weighted by Gasteiger charge is 2.35. The number of pyridine rings is 1. The number of aliphatic hydroxyl groups excluding tert-OH is 1. The summed E-state index contributed by atoms with van der Waals surface area (Å²) < 4.78 is 0.963. The third kappa shape index (κ3) is 2.31. The van der Waals surface area contributed by atoms with Crippen LogP contribution in [-0.2, 0) is 0 Å². The molecule has 1 saturated heterocycles. The highest BCUT2D eigenvalue weighted by atomic mass is 127. The fraction of sp³-hybridized carbons (Fsp3) is 0.545. The number of halogens is 1. The molecule has 1 aromatic heterocycles. The van der Waals surface area contributed by atoms with E-state index in [0.29, 0.717) is 0 Å². The SMILES string of the molecule is CC1(C)NCCN(c2ccc(I)nc2)C1O. The first-order valence-electron chi connectivity index (χ1n) is 5.32. The normalized spacial score (nSPS) is 24.5. The quantitative estimate of drug-likeness (QED) is 0.599. The molecule has 1 atom stereocenters. The van der Waals surface area contributed by atoms with Gasteiger partial charge >= 0.3 is 0 Å². The number of anilines is 1. The van der Waals surface area contributed by atoms with Gasteiger partial charge in [0.05, 0.1) is 17.4 Å². The average Bonchev–Trinajstić information content (AvgIpc) is 2.24. The van der Waals surface area contributed by atoms with E-state index >= 15 is 0 Å². The molecule has 1 aliphatic heterocycles. The average molecular weight is 333 g/mol. The molecule has 2 N–H and O–H groups in total. The summed E-state index contributed by atoms with van der Waals surface area (Å²) in [6.45, 7) is 5.68. The molecule has 0 amide bonds. The van der Waals surface area contributed by atoms with Gasteiger partial charge in [-0.3, -0.25) is 0 Å². The molecule has 4 nitrogen and oxygen atoms in total. The monoisotopic (exact) mass is 333 g/mol. The molecule has 2 rings (SSSR count). The lowest BCUT2D eigenvalue weighted by molar-refractivity contribution is 0.0599. The molecule has 0 spiro atoms. The molecule has 0 saturated carbocycles. The number of rotatable bonds is 1. The first kappa shape index (κ1) is 12.1. The van der Waals surface area contributed by atoms with Crippen molar-refractivity contribution in [1.29, 1.82) is 0 Å². The summed E-state index contributed by atoms with van der Waals surface area (Å²) in [4.78, 5) is 6.24. The topological polar surface area (TPSA) is 48.4 Å². The Morgan fingerprint density at radius 2 is 2.31 bits per heavy atom. The van der Waals surface area contributed by atoms with E-state index < -0.39 is 6.23 Å². The van der Waals surface area contributed by atoms with Gasteiger partial charge in [-0.25, -0.2) is 4.98 Å². The zero-order valence-corrected chi connectivity index (χ0v) is 11.6. The predicted molar refractivity (Wildman–Crippen MR) is 72.4 cm³/mol. The van der Waals surface area contributed by atoms with Gasteiger partial charge in [-0.15, -0.1) is 0 Å². The van der Waals surface area contributed by atoms with Gasteiger partial charge in [0.25, 0.3) is 0 Å². The molecule has 0 radical (unpaired) electrons. The molecule has 0 aromatic carbocycles. The van der Waals surface area contributed by atoms with Crippen molar-refractivity contribution in [3.63, 3.8) is 0 Å². The lowest BCUT2D eigenvalue weighted by Gasteiger charge is -2.45. The molecule has 16 heavy (non-hydrogen) atoms. The Labute approximate surface area is 109 Å². The zero-order valence-electron chi connectivity index (χ0n) is 9.44. The molecule has 1 unspecified atom stereocenters. The Hall–Kier alpha value is -0.400. The Balaban J connectivity index is 2.23. The summed E-state index contributed by atoms with van der Waals surface area (Å²) >= 11 is 2.17. The fourth-order valence-electron chi connectivity index (χ4n) is 1.91. The lowest BCUT2D eigenvalue weighted by atomic mass is 9.99. The maximum atomic E-state index is 10.3. The fourth-order valence-corrected chi connectivity index (χ4v) is 2.23. The lowest BCUT2D eigenvalue weighted by Crippen LogP contribution is -2.64. The van der Waals surface area contributed by atoms with E-state index in [-0.39, 0.29) is 5.54 Å². The standard InChI is InChI=1S/C11H16IN3O/c1-11(2)10(16)15(6-5-14-11)8-3-4-9(12)13-7-8/h3-4,7,10,14,16H,5-6H2,1-2H3. The molecule has 1 aromatic rings. The number of nitrogens with one attached hydrogen (secondary N) is 1. The van der Waals surface area contributed by atoms with Crippen LogP contribution < -0.4 is 10.2 Å². The minimum Gasteiger partial charge on any atom is -0.372 e. The molecule has 2 heterocycles. The molecular weight excluding hydrogens is 317 g/mol. The predicted octanol–water partition coefficient (Wildman–Crippen LogP) is 1.19. The Kier molecular flexibility index (Phi) is 3.37. The maximum absolute atomic E-state index is 10.3. The van der Waals surface area contributed by atoms with E-state index in [2.05, 4.69) is 32.9 Å². The molecule has 0 aliphatic carbocycles. The summed E-state index contributed by atoms with van der Waals surface area (Å²) in [6, 6.07) is 3.96. The van der Waals surface area contributed by atoms with Gasteiger partial charge in [0.2, 0.25) is 0 Å².